The summed E-state index contributed by atoms with van der Waals surface area (Å²) in [6.07, 6.45) is 0.364. The molecule has 1 aromatic carbocycles. The summed E-state index contributed by atoms with van der Waals surface area (Å²) in [5, 5.41) is 12.0. The average Bonchev–Trinajstić information content (AvgIpc) is 3.04. The number of amides is 1. The summed E-state index contributed by atoms with van der Waals surface area (Å²) < 4.78 is 5.85. The molecule has 8 heteroatoms. The van der Waals surface area contributed by atoms with E-state index < -0.39 is 0 Å². The second kappa shape index (κ2) is 8.61. The minimum absolute atomic E-state index is 0.0327. The van der Waals surface area contributed by atoms with Gasteiger partial charge in [0.25, 0.3) is 0 Å². The smallest absolute Gasteiger partial charge is 0.226 e. The maximum atomic E-state index is 12.4. The van der Waals surface area contributed by atoms with Crippen LogP contribution >= 0.6 is 31.9 Å². The fourth-order valence-electron chi connectivity index (χ4n) is 3.07. The van der Waals surface area contributed by atoms with Crippen LogP contribution in [0.15, 0.2) is 33.2 Å². The highest BCUT2D eigenvalue weighted by Crippen LogP contribution is 2.22. The number of hydrogen-bond donors (Lipinski definition) is 1. The van der Waals surface area contributed by atoms with E-state index in [9.17, 15) is 4.79 Å². The predicted molar refractivity (Wildman–Crippen MR) is 118 cm³/mol. The number of aryl methyl sites for hydroxylation is 3. The molecule has 0 unspecified atom stereocenters. The molecule has 1 N–H and O–H groups in total. The van der Waals surface area contributed by atoms with Gasteiger partial charge in [-0.2, -0.15) is 10.2 Å². The second-order valence-corrected chi connectivity index (χ2v) is 8.43. The molecule has 2 heterocycles. The highest BCUT2D eigenvalue weighted by molar-refractivity contribution is 9.10. The van der Waals surface area contributed by atoms with Gasteiger partial charge in [0.1, 0.15) is 0 Å². The molecule has 3 rings (SSSR count). The van der Waals surface area contributed by atoms with Crippen LogP contribution in [0.2, 0.25) is 0 Å². The van der Waals surface area contributed by atoms with Crippen LogP contribution in [0.4, 0.5) is 5.69 Å². The lowest BCUT2D eigenvalue weighted by Crippen LogP contribution is -2.16. The van der Waals surface area contributed by atoms with E-state index in [0.29, 0.717) is 19.5 Å². The monoisotopic (exact) mass is 507 g/mol. The number of halogens is 2. The zero-order valence-corrected chi connectivity index (χ0v) is 19.6. The molecule has 0 spiro atoms. The number of carbonyl (C=O) groups is 1. The van der Waals surface area contributed by atoms with Crippen LogP contribution in [-0.4, -0.2) is 25.5 Å². The minimum atomic E-state index is -0.0327. The minimum Gasteiger partial charge on any atom is -0.326 e. The first-order chi connectivity index (χ1) is 13.3. The lowest BCUT2D eigenvalue weighted by Gasteiger charge is -2.09. The Balaban J connectivity index is 1.62. The number of aromatic nitrogens is 4. The number of carbonyl (C=O) groups excluding carboxylic acids is 1. The standard InChI is InChI=1S/C20H23Br2N5O/c1-12-19(21)14(3)26(24-12)9-8-18(28)23-17-7-5-6-16(10-17)11-27-15(4)20(22)13(2)25-27/h5-7,10H,8-9,11H2,1-4H3,(H,23,28). The molecular weight excluding hydrogens is 486 g/mol. The predicted octanol–water partition coefficient (Wildman–Crippen LogP) is 4.92. The van der Waals surface area contributed by atoms with Crippen molar-refractivity contribution in [1.29, 1.82) is 0 Å². The summed E-state index contributed by atoms with van der Waals surface area (Å²) in [5.74, 6) is -0.0327. The number of anilines is 1. The summed E-state index contributed by atoms with van der Waals surface area (Å²) in [4.78, 5) is 12.4. The fourth-order valence-corrected chi connectivity index (χ4v) is 3.64. The lowest BCUT2D eigenvalue weighted by atomic mass is 10.2. The molecule has 0 aliphatic heterocycles. The molecule has 0 atom stereocenters. The zero-order valence-electron chi connectivity index (χ0n) is 16.4. The molecule has 0 aliphatic rings. The first kappa shape index (κ1) is 20.8. The van der Waals surface area contributed by atoms with Crippen LogP contribution in [0, 0.1) is 27.7 Å². The Labute approximate surface area is 181 Å². The SMILES string of the molecule is Cc1nn(CCC(=O)Nc2cccc(Cn3nc(C)c(Br)c3C)c2)c(C)c1Br. The molecule has 0 radical (unpaired) electrons. The summed E-state index contributed by atoms with van der Waals surface area (Å²) in [5.41, 5.74) is 5.89. The Morgan fingerprint density at radius 2 is 1.61 bits per heavy atom. The van der Waals surface area contributed by atoms with Crippen molar-refractivity contribution in [3.8, 4) is 0 Å². The molecule has 0 saturated carbocycles. The van der Waals surface area contributed by atoms with Gasteiger partial charge in [-0.3, -0.25) is 14.2 Å². The normalized spacial score (nSPS) is 11.1. The van der Waals surface area contributed by atoms with Gasteiger partial charge in [0, 0.05) is 17.8 Å². The van der Waals surface area contributed by atoms with Gasteiger partial charge in [0.2, 0.25) is 5.91 Å². The van der Waals surface area contributed by atoms with E-state index in [1.165, 1.54) is 0 Å². The first-order valence-corrected chi connectivity index (χ1v) is 10.6. The number of rotatable bonds is 6. The molecule has 2 aromatic heterocycles. The number of nitrogens with zero attached hydrogens (tertiary/aromatic N) is 4. The van der Waals surface area contributed by atoms with Crippen molar-refractivity contribution in [3.05, 3.63) is 61.6 Å². The van der Waals surface area contributed by atoms with Crippen LogP contribution in [0.3, 0.4) is 0 Å². The van der Waals surface area contributed by atoms with Crippen molar-refractivity contribution in [2.75, 3.05) is 5.32 Å². The fraction of sp³-hybridized carbons (Fsp3) is 0.350. The van der Waals surface area contributed by atoms with Crippen LogP contribution in [-0.2, 0) is 17.9 Å². The van der Waals surface area contributed by atoms with Gasteiger partial charge in [0.05, 0.1) is 39.1 Å². The van der Waals surface area contributed by atoms with Crippen molar-refractivity contribution < 1.29 is 4.79 Å². The maximum Gasteiger partial charge on any atom is 0.226 e. The Bertz CT molecular complexity index is 1020. The third-order valence-electron chi connectivity index (χ3n) is 4.68. The van der Waals surface area contributed by atoms with Gasteiger partial charge in [0.15, 0.2) is 0 Å². The molecular formula is C20H23Br2N5O. The van der Waals surface area contributed by atoms with Gasteiger partial charge < -0.3 is 5.32 Å². The van der Waals surface area contributed by atoms with Crippen molar-refractivity contribution in [2.45, 2.75) is 47.2 Å². The van der Waals surface area contributed by atoms with E-state index in [1.54, 1.807) is 0 Å². The Morgan fingerprint density at radius 1 is 1.00 bits per heavy atom. The molecule has 0 aliphatic carbocycles. The van der Waals surface area contributed by atoms with E-state index in [1.807, 2.05) is 61.3 Å². The van der Waals surface area contributed by atoms with Crippen molar-refractivity contribution >= 4 is 43.5 Å². The Morgan fingerprint density at radius 3 is 2.18 bits per heavy atom. The van der Waals surface area contributed by atoms with Gasteiger partial charge in [-0.05, 0) is 77.3 Å². The number of hydrogen-bond acceptors (Lipinski definition) is 3. The van der Waals surface area contributed by atoms with Crippen LogP contribution in [0.1, 0.15) is 34.8 Å². The molecule has 0 bridgehead atoms. The van der Waals surface area contributed by atoms with Crippen LogP contribution in [0.5, 0.6) is 0 Å². The zero-order chi connectivity index (χ0) is 20.4. The average molecular weight is 509 g/mol. The summed E-state index contributed by atoms with van der Waals surface area (Å²) in [6.45, 7) is 9.15. The van der Waals surface area contributed by atoms with E-state index in [4.69, 9.17) is 0 Å². The highest BCUT2D eigenvalue weighted by Gasteiger charge is 2.12. The second-order valence-electron chi connectivity index (χ2n) is 6.85. The van der Waals surface area contributed by atoms with E-state index in [0.717, 1.165) is 43.0 Å². The number of nitrogens with one attached hydrogen (secondary N) is 1. The molecule has 6 nitrogen and oxygen atoms in total. The molecule has 1 amide bonds. The first-order valence-electron chi connectivity index (χ1n) is 9.04. The van der Waals surface area contributed by atoms with Crippen molar-refractivity contribution in [1.82, 2.24) is 19.6 Å². The third kappa shape index (κ3) is 4.55. The van der Waals surface area contributed by atoms with Crippen LogP contribution in [0.25, 0.3) is 0 Å². The molecule has 28 heavy (non-hydrogen) atoms. The van der Waals surface area contributed by atoms with E-state index in [2.05, 4.69) is 47.4 Å². The molecule has 148 valence electrons. The topological polar surface area (TPSA) is 64.7 Å². The molecule has 0 fully saturated rings. The van der Waals surface area contributed by atoms with Gasteiger partial charge in [-0.1, -0.05) is 12.1 Å². The largest absolute Gasteiger partial charge is 0.326 e. The summed E-state index contributed by atoms with van der Waals surface area (Å²) in [7, 11) is 0. The molecule has 0 saturated heterocycles. The third-order valence-corrected chi connectivity index (χ3v) is 6.98. The molecule has 3 aromatic rings. The summed E-state index contributed by atoms with van der Waals surface area (Å²) >= 11 is 7.07. The Kier molecular flexibility index (Phi) is 6.40. The van der Waals surface area contributed by atoms with Gasteiger partial charge in [-0.25, -0.2) is 0 Å². The lowest BCUT2D eigenvalue weighted by molar-refractivity contribution is -0.116. The quantitative estimate of drug-likeness (QED) is 0.514. The van der Waals surface area contributed by atoms with E-state index in [-0.39, 0.29) is 5.91 Å². The van der Waals surface area contributed by atoms with Gasteiger partial charge >= 0.3 is 0 Å². The number of benzene rings is 1. The highest BCUT2D eigenvalue weighted by atomic mass is 79.9. The maximum absolute atomic E-state index is 12.4. The Hall–Kier alpha value is -1.93. The van der Waals surface area contributed by atoms with Crippen molar-refractivity contribution in [2.24, 2.45) is 0 Å². The van der Waals surface area contributed by atoms with Crippen molar-refractivity contribution in [3.63, 3.8) is 0 Å². The summed E-state index contributed by atoms with van der Waals surface area (Å²) in [6, 6.07) is 7.87. The van der Waals surface area contributed by atoms with Gasteiger partial charge in [-0.15, -0.1) is 0 Å². The van der Waals surface area contributed by atoms with E-state index >= 15 is 0 Å². The van der Waals surface area contributed by atoms with Crippen LogP contribution < -0.4 is 5.32 Å².